The minimum Gasteiger partial charge on any atom is -0.480 e. The van der Waals surface area contributed by atoms with Gasteiger partial charge in [-0.25, -0.2) is 4.79 Å². The summed E-state index contributed by atoms with van der Waals surface area (Å²) in [6.45, 7) is 8.51. The van der Waals surface area contributed by atoms with Crippen molar-refractivity contribution in [3.8, 4) is 0 Å². The maximum atomic E-state index is 14.7. The zero-order valence-electron chi connectivity index (χ0n) is 42.5. The molecule has 10 atom stereocenters. The third-order valence-electron chi connectivity index (χ3n) is 13.3. The van der Waals surface area contributed by atoms with E-state index in [1.807, 2.05) is 48.5 Å². The Kier molecular flexibility index (Phi) is 21.1. The average Bonchev–Trinajstić information content (AvgIpc) is 3.99. The second-order valence-corrected chi connectivity index (χ2v) is 18.9. The van der Waals surface area contributed by atoms with Crippen LogP contribution in [0, 0.1) is 11.8 Å². The van der Waals surface area contributed by atoms with Gasteiger partial charge in [-0.1, -0.05) is 107 Å². The fraction of sp³-hybridized carbons (Fsp3) is 0.434. The number of aliphatic carboxylic acids is 1. The minimum atomic E-state index is -1.65. The number of H-pyrrole nitrogens is 2. The topological polar surface area (TPSA) is 354 Å². The van der Waals surface area contributed by atoms with E-state index in [1.54, 1.807) is 70.4 Å². The van der Waals surface area contributed by atoms with Gasteiger partial charge in [0.2, 0.25) is 35.4 Å². The number of para-hydroxylation sites is 2. The van der Waals surface area contributed by atoms with Crippen molar-refractivity contribution in [2.45, 2.75) is 128 Å². The number of aromatic amines is 2. The van der Waals surface area contributed by atoms with Crippen molar-refractivity contribution in [1.82, 2.24) is 41.9 Å². The Labute approximate surface area is 430 Å². The monoisotopic (exact) mass is 1020 g/mol. The highest BCUT2D eigenvalue weighted by Gasteiger charge is 2.37. The number of nitrogens with zero attached hydrogens (tertiary/aromatic N) is 1. The van der Waals surface area contributed by atoms with E-state index in [2.05, 4.69) is 46.9 Å². The number of carboxylic acids is 1. The van der Waals surface area contributed by atoms with Crippen molar-refractivity contribution in [3.63, 3.8) is 0 Å². The van der Waals surface area contributed by atoms with Crippen molar-refractivity contribution in [1.29, 1.82) is 0 Å². The number of carboxylic acid groups (broad SMARTS) is 1. The second-order valence-electron chi connectivity index (χ2n) is 18.9. The fourth-order valence-electron chi connectivity index (χ4n) is 8.52. The predicted octanol–water partition coefficient (Wildman–Crippen LogP) is 1.52. The van der Waals surface area contributed by atoms with E-state index < -0.39 is 102 Å². The number of carbonyl (C=O) groups is 7. The molecular formula is C53H72N12O9. The van der Waals surface area contributed by atoms with E-state index in [0.29, 0.717) is 36.0 Å². The van der Waals surface area contributed by atoms with Crippen LogP contribution in [-0.4, -0.2) is 122 Å². The molecule has 0 aliphatic carbocycles. The number of benzene rings is 3. The van der Waals surface area contributed by atoms with Crippen LogP contribution in [0.2, 0.25) is 0 Å². The molecule has 16 N–H and O–H groups in total. The highest BCUT2D eigenvalue weighted by molar-refractivity contribution is 5.98. The second kappa shape index (κ2) is 27.3. The first-order valence-corrected chi connectivity index (χ1v) is 25.0. The molecule has 74 heavy (non-hydrogen) atoms. The molecule has 0 saturated carbocycles. The fourth-order valence-corrected chi connectivity index (χ4v) is 8.52. The Morgan fingerprint density at radius 3 is 1.51 bits per heavy atom. The first-order valence-electron chi connectivity index (χ1n) is 25.0. The Morgan fingerprint density at radius 1 is 0.568 bits per heavy atom. The molecule has 0 bridgehead atoms. The quantitative estimate of drug-likeness (QED) is 0.0193. The molecular weight excluding hydrogens is 949 g/mol. The van der Waals surface area contributed by atoms with Crippen molar-refractivity contribution in [3.05, 3.63) is 108 Å². The zero-order valence-corrected chi connectivity index (χ0v) is 42.5. The number of aliphatic imine (C=N–C) groups is 1. The molecule has 0 unspecified atom stereocenters. The smallest absolute Gasteiger partial charge is 0.326 e. The molecule has 5 aromatic rings. The molecule has 2 heterocycles. The number of hydrogen-bond donors (Lipinski definition) is 13. The van der Waals surface area contributed by atoms with E-state index in [4.69, 9.17) is 17.2 Å². The molecule has 0 radical (unpaired) electrons. The number of carbonyl (C=O) groups excluding carboxylic acids is 6. The van der Waals surface area contributed by atoms with Crippen molar-refractivity contribution in [2.24, 2.45) is 34.0 Å². The number of rotatable bonds is 28. The molecule has 21 heteroatoms. The molecule has 3 aromatic carbocycles. The van der Waals surface area contributed by atoms with Crippen molar-refractivity contribution in [2.75, 3.05) is 6.54 Å². The summed E-state index contributed by atoms with van der Waals surface area (Å²) in [5.41, 5.74) is 20.6. The van der Waals surface area contributed by atoms with Crippen LogP contribution in [0.3, 0.4) is 0 Å². The lowest BCUT2D eigenvalue weighted by Crippen LogP contribution is -2.63. The highest BCUT2D eigenvalue weighted by atomic mass is 16.4. The van der Waals surface area contributed by atoms with Crippen molar-refractivity contribution >= 4 is 69.2 Å². The standard InChI is InChI=1S/C53H72N12O9/c1-6-29(3)43(63-51(72)45(31(5)66)65-49(70)42(26-34-28-59-39-22-14-12-19-36(34)39)60-46(67)37(54)20-15-23-57-53(55)56)50(71)62-41(25-33-27-58-38-21-13-11-18-35(33)38)47(68)61-40(24-32-16-9-8-10-17-32)48(69)64-44(52(73)74)30(4)7-2/h8-14,16-19,21-22,27-31,37,40-45,58-59,66H,6-7,15,20,23-26,54H2,1-5H3,(H,60,67)(H,61,68)(H,62,71)(H,63,72)(H,64,69)(H,65,70)(H,73,74)(H4,55,56,57)/t29-,30-,31+,37-,40-,41-,42-,43-,44-,45-/m0/s1. The van der Waals surface area contributed by atoms with Gasteiger partial charge < -0.3 is 69.3 Å². The maximum absolute atomic E-state index is 14.7. The summed E-state index contributed by atoms with van der Waals surface area (Å²) in [5.74, 6) is -7.08. The summed E-state index contributed by atoms with van der Waals surface area (Å²) in [4.78, 5) is 108. The largest absolute Gasteiger partial charge is 0.480 e. The average molecular weight is 1020 g/mol. The normalized spacial score (nSPS) is 15.4. The Hall–Kier alpha value is -7.78. The number of aromatic nitrogens is 2. The van der Waals surface area contributed by atoms with E-state index in [-0.39, 0.29) is 38.2 Å². The summed E-state index contributed by atoms with van der Waals surface area (Å²) < 4.78 is 0. The lowest BCUT2D eigenvalue weighted by atomic mass is 9.96. The zero-order chi connectivity index (χ0) is 54.1. The minimum absolute atomic E-state index is 0.0170. The third-order valence-corrected chi connectivity index (χ3v) is 13.3. The molecule has 0 spiro atoms. The van der Waals surface area contributed by atoms with E-state index in [0.717, 1.165) is 21.8 Å². The lowest BCUT2D eigenvalue weighted by molar-refractivity contribution is -0.143. The number of fused-ring (bicyclic) bond motifs is 2. The van der Waals surface area contributed by atoms with Gasteiger partial charge in [-0.2, -0.15) is 0 Å². The van der Waals surface area contributed by atoms with E-state index >= 15 is 0 Å². The van der Waals surface area contributed by atoms with Gasteiger partial charge in [0.05, 0.1) is 12.1 Å². The van der Waals surface area contributed by atoms with Gasteiger partial charge in [-0.05, 0) is 60.4 Å². The van der Waals surface area contributed by atoms with Crippen LogP contribution in [0.25, 0.3) is 21.8 Å². The van der Waals surface area contributed by atoms with Gasteiger partial charge in [0.15, 0.2) is 5.96 Å². The summed E-state index contributed by atoms with van der Waals surface area (Å²) in [6, 6.07) is 14.3. The van der Waals surface area contributed by atoms with E-state index in [1.165, 1.54) is 6.92 Å². The number of aliphatic hydroxyl groups is 1. The van der Waals surface area contributed by atoms with Crippen LogP contribution < -0.4 is 49.1 Å². The molecule has 0 aliphatic heterocycles. The summed E-state index contributed by atoms with van der Waals surface area (Å²) in [6.07, 6.45) is 3.11. The molecule has 2 aromatic heterocycles. The van der Waals surface area contributed by atoms with Crippen LogP contribution in [-0.2, 0) is 52.8 Å². The number of nitrogens with two attached hydrogens (primary N) is 3. The Bertz CT molecular complexity index is 2740. The van der Waals surface area contributed by atoms with Gasteiger partial charge in [0.25, 0.3) is 0 Å². The molecule has 5 rings (SSSR count). The van der Waals surface area contributed by atoms with Crippen LogP contribution >= 0.6 is 0 Å². The first-order chi connectivity index (χ1) is 35.3. The van der Waals surface area contributed by atoms with Gasteiger partial charge >= 0.3 is 5.97 Å². The number of nitrogens with one attached hydrogen (secondary N) is 8. The Balaban J connectivity index is 1.41. The van der Waals surface area contributed by atoms with Crippen molar-refractivity contribution < 1.29 is 43.8 Å². The van der Waals surface area contributed by atoms with Crippen LogP contribution in [0.5, 0.6) is 0 Å². The predicted molar refractivity (Wildman–Crippen MR) is 282 cm³/mol. The number of aliphatic hydroxyl groups excluding tert-OH is 1. The number of amides is 6. The molecule has 0 fully saturated rings. The number of hydrogen-bond acceptors (Lipinski definition) is 10. The SMILES string of the molecule is CC[C@H](C)[C@H](NC(=O)[C@H](Cc1ccccc1)NC(=O)[C@H](Cc1c[nH]c2ccccc12)NC(=O)[C@@H](NC(=O)[C@@H](NC(=O)[C@H](Cc1c[nH]c2ccccc12)NC(=O)[C@@H](N)CCCN=C(N)N)[C@@H](C)O)[C@@H](C)CC)C(=O)O. The van der Waals surface area contributed by atoms with E-state index in [9.17, 15) is 43.8 Å². The molecule has 0 aliphatic rings. The third kappa shape index (κ3) is 15.9. The van der Waals surface area contributed by atoms with Gasteiger partial charge in [0, 0.05) is 60.0 Å². The highest BCUT2D eigenvalue weighted by Crippen LogP contribution is 2.22. The van der Waals surface area contributed by atoms with Gasteiger partial charge in [-0.3, -0.25) is 33.8 Å². The number of guanidine groups is 1. The molecule has 398 valence electrons. The maximum Gasteiger partial charge on any atom is 0.326 e. The molecule has 21 nitrogen and oxygen atoms in total. The summed E-state index contributed by atoms with van der Waals surface area (Å²) in [7, 11) is 0. The van der Waals surface area contributed by atoms with Gasteiger partial charge in [-0.15, -0.1) is 0 Å². The van der Waals surface area contributed by atoms with Gasteiger partial charge in [0.1, 0.15) is 36.3 Å². The summed E-state index contributed by atoms with van der Waals surface area (Å²) >= 11 is 0. The summed E-state index contributed by atoms with van der Waals surface area (Å²) in [5, 5.41) is 38.9. The van der Waals surface area contributed by atoms with Crippen LogP contribution in [0.15, 0.2) is 96.2 Å². The first kappa shape index (κ1) is 57.1. The Morgan fingerprint density at radius 2 is 1.00 bits per heavy atom. The van der Waals surface area contributed by atoms with Crippen LogP contribution in [0.4, 0.5) is 0 Å². The lowest BCUT2D eigenvalue weighted by Gasteiger charge is -2.30. The van der Waals surface area contributed by atoms with Crippen LogP contribution in [0.1, 0.15) is 77.0 Å². The molecule has 0 saturated heterocycles. The molecule has 6 amide bonds.